The minimum atomic E-state index is -0.915. The second-order valence-corrected chi connectivity index (χ2v) is 6.92. The minimum Gasteiger partial charge on any atom is -0.482 e. The van der Waals surface area contributed by atoms with Crippen LogP contribution in [0.5, 0.6) is 5.75 Å². The van der Waals surface area contributed by atoms with Crippen molar-refractivity contribution < 1.29 is 19.1 Å². The lowest BCUT2D eigenvalue weighted by molar-refractivity contribution is -0.155. The van der Waals surface area contributed by atoms with Crippen LogP contribution in [0.3, 0.4) is 0 Å². The summed E-state index contributed by atoms with van der Waals surface area (Å²) in [7, 11) is 0. The highest BCUT2D eigenvalue weighted by Gasteiger charge is 2.19. The summed E-state index contributed by atoms with van der Waals surface area (Å²) in [4.78, 5) is 24.3. The van der Waals surface area contributed by atoms with E-state index in [1.807, 2.05) is 56.3 Å². The molecule has 0 aliphatic heterocycles. The molecule has 0 radical (unpaired) electrons. The molecule has 1 amide bonds. The lowest BCUT2D eigenvalue weighted by Crippen LogP contribution is -2.32. The Morgan fingerprint density at radius 3 is 2.41 bits per heavy atom. The largest absolute Gasteiger partial charge is 0.482 e. The highest BCUT2D eigenvalue weighted by Crippen LogP contribution is 2.25. The van der Waals surface area contributed by atoms with Crippen LogP contribution in [-0.4, -0.2) is 24.6 Å². The first-order valence-corrected chi connectivity index (χ1v) is 9.07. The van der Waals surface area contributed by atoms with Crippen molar-refractivity contribution in [2.45, 2.75) is 46.6 Å². The number of esters is 1. The quantitative estimate of drug-likeness (QED) is 0.736. The zero-order valence-electron chi connectivity index (χ0n) is 16.5. The van der Waals surface area contributed by atoms with Gasteiger partial charge in [-0.15, -0.1) is 0 Å². The van der Waals surface area contributed by atoms with E-state index in [9.17, 15) is 9.59 Å². The van der Waals surface area contributed by atoms with Crippen molar-refractivity contribution >= 4 is 17.6 Å². The van der Waals surface area contributed by atoms with E-state index < -0.39 is 12.1 Å². The molecule has 0 heterocycles. The predicted molar refractivity (Wildman–Crippen MR) is 106 cm³/mol. The summed E-state index contributed by atoms with van der Waals surface area (Å²) in [6.45, 7) is 9.31. The number of ether oxygens (including phenoxy) is 2. The third-order valence-electron chi connectivity index (χ3n) is 4.20. The Balaban J connectivity index is 1.89. The van der Waals surface area contributed by atoms with Gasteiger partial charge in [0, 0.05) is 5.69 Å². The van der Waals surface area contributed by atoms with Gasteiger partial charge in [-0.1, -0.05) is 49.7 Å². The van der Waals surface area contributed by atoms with Crippen LogP contribution in [0.15, 0.2) is 42.5 Å². The van der Waals surface area contributed by atoms with Crippen LogP contribution in [0.2, 0.25) is 0 Å². The first-order valence-electron chi connectivity index (χ1n) is 9.07. The molecule has 2 rings (SSSR count). The number of para-hydroxylation sites is 1. The number of aryl methyl sites for hydroxylation is 2. The molecule has 5 nitrogen and oxygen atoms in total. The van der Waals surface area contributed by atoms with E-state index in [4.69, 9.17) is 9.47 Å². The smallest absolute Gasteiger partial charge is 0.344 e. The first-order chi connectivity index (χ1) is 12.8. The van der Waals surface area contributed by atoms with Gasteiger partial charge in [-0.05, 0) is 49.9 Å². The van der Waals surface area contributed by atoms with Gasteiger partial charge in [-0.3, -0.25) is 4.79 Å². The molecule has 0 aliphatic rings. The number of hydrogen-bond donors (Lipinski definition) is 1. The third kappa shape index (κ3) is 5.84. The van der Waals surface area contributed by atoms with Gasteiger partial charge < -0.3 is 14.8 Å². The number of nitrogens with one attached hydrogen (secondary N) is 1. The van der Waals surface area contributed by atoms with Crippen LogP contribution in [-0.2, 0) is 14.3 Å². The highest BCUT2D eigenvalue weighted by atomic mass is 16.6. The molecule has 2 aromatic rings. The predicted octanol–water partition coefficient (Wildman–Crippen LogP) is 4.38. The third-order valence-corrected chi connectivity index (χ3v) is 4.20. The van der Waals surface area contributed by atoms with Crippen LogP contribution < -0.4 is 10.1 Å². The van der Waals surface area contributed by atoms with Gasteiger partial charge in [0.15, 0.2) is 12.7 Å². The Kier molecular flexibility index (Phi) is 6.99. The topological polar surface area (TPSA) is 64.6 Å². The Hall–Kier alpha value is -2.82. The molecule has 5 heteroatoms. The monoisotopic (exact) mass is 369 g/mol. The lowest BCUT2D eigenvalue weighted by atomic mass is 10.0. The number of hydrogen-bond acceptors (Lipinski definition) is 4. The lowest BCUT2D eigenvalue weighted by Gasteiger charge is -2.16. The van der Waals surface area contributed by atoms with Crippen molar-refractivity contribution in [1.82, 2.24) is 0 Å². The van der Waals surface area contributed by atoms with Crippen molar-refractivity contribution in [3.05, 3.63) is 59.2 Å². The van der Waals surface area contributed by atoms with Crippen LogP contribution in [0.4, 0.5) is 5.69 Å². The summed E-state index contributed by atoms with van der Waals surface area (Å²) in [6.07, 6.45) is -0.915. The van der Waals surface area contributed by atoms with Gasteiger partial charge in [-0.2, -0.15) is 0 Å². The van der Waals surface area contributed by atoms with Crippen LogP contribution in [0.1, 0.15) is 43.4 Å². The van der Waals surface area contributed by atoms with Gasteiger partial charge in [-0.25, -0.2) is 4.79 Å². The maximum absolute atomic E-state index is 12.3. The average Bonchev–Trinajstić information content (AvgIpc) is 2.62. The van der Waals surface area contributed by atoms with Crippen LogP contribution >= 0.6 is 0 Å². The van der Waals surface area contributed by atoms with Gasteiger partial charge in [0.05, 0.1) is 0 Å². The van der Waals surface area contributed by atoms with Crippen LogP contribution in [0, 0.1) is 13.8 Å². The molecule has 0 spiro atoms. The normalized spacial score (nSPS) is 11.8. The number of anilines is 1. The molecule has 0 saturated carbocycles. The molecule has 1 atom stereocenters. The fourth-order valence-corrected chi connectivity index (χ4v) is 2.70. The van der Waals surface area contributed by atoms with E-state index in [0.29, 0.717) is 11.4 Å². The number of carbonyl (C=O) groups excluding carboxylic acids is 2. The fourth-order valence-electron chi connectivity index (χ4n) is 2.70. The Morgan fingerprint density at radius 2 is 1.74 bits per heavy atom. The molecule has 0 unspecified atom stereocenters. The van der Waals surface area contributed by atoms with E-state index in [1.54, 1.807) is 6.92 Å². The van der Waals surface area contributed by atoms with Crippen molar-refractivity contribution in [3.63, 3.8) is 0 Å². The zero-order chi connectivity index (χ0) is 20.0. The van der Waals surface area contributed by atoms with Gasteiger partial charge in [0.2, 0.25) is 0 Å². The van der Waals surface area contributed by atoms with E-state index in [1.165, 1.54) is 0 Å². The standard InChI is InChI=1S/C22H27NO4/c1-14(2)18-8-6-7-9-20(18)26-13-21(24)27-17(5)22(25)23-19-11-10-15(3)12-16(19)4/h6-12,14,17H,13H2,1-5H3,(H,23,25)/t17-/m0/s1. The number of carbonyl (C=O) groups is 2. The van der Waals surface area contributed by atoms with Crippen LogP contribution in [0.25, 0.3) is 0 Å². The summed E-state index contributed by atoms with van der Waals surface area (Å²) in [5, 5.41) is 2.78. The highest BCUT2D eigenvalue weighted by molar-refractivity contribution is 5.95. The SMILES string of the molecule is Cc1ccc(NC(=O)[C@H](C)OC(=O)COc2ccccc2C(C)C)c(C)c1. The Bertz CT molecular complexity index is 814. The molecule has 0 saturated heterocycles. The van der Waals surface area contributed by atoms with Gasteiger partial charge in [0.25, 0.3) is 5.91 Å². The first kappa shape index (κ1) is 20.5. The maximum atomic E-state index is 12.3. The van der Waals surface area contributed by atoms with E-state index in [2.05, 4.69) is 19.2 Å². The summed E-state index contributed by atoms with van der Waals surface area (Å²) < 4.78 is 10.8. The van der Waals surface area contributed by atoms with Crippen molar-refractivity contribution in [2.75, 3.05) is 11.9 Å². The van der Waals surface area contributed by atoms with Crippen molar-refractivity contribution in [2.24, 2.45) is 0 Å². The fraction of sp³-hybridized carbons (Fsp3) is 0.364. The Morgan fingerprint density at radius 1 is 1.04 bits per heavy atom. The number of rotatable bonds is 7. The minimum absolute atomic E-state index is 0.245. The van der Waals surface area contributed by atoms with E-state index in [0.717, 1.165) is 16.7 Å². The second kappa shape index (κ2) is 9.21. The summed E-state index contributed by atoms with van der Waals surface area (Å²) in [5.74, 6) is -0.0359. The van der Waals surface area contributed by atoms with Crippen molar-refractivity contribution in [3.8, 4) is 5.75 Å². The molecule has 27 heavy (non-hydrogen) atoms. The summed E-state index contributed by atoms with van der Waals surface area (Å²) in [5.41, 5.74) is 3.79. The average molecular weight is 369 g/mol. The molecule has 0 aromatic heterocycles. The number of amides is 1. The zero-order valence-corrected chi connectivity index (χ0v) is 16.5. The van der Waals surface area contributed by atoms with Crippen molar-refractivity contribution in [1.29, 1.82) is 0 Å². The number of benzene rings is 2. The summed E-state index contributed by atoms with van der Waals surface area (Å²) >= 11 is 0. The van der Waals surface area contributed by atoms with Gasteiger partial charge in [0.1, 0.15) is 5.75 Å². The van der Waals surface area contributed by atoms with E-state index >= 15 is 0 Å². The molecule has 0 aliphatic carbocycles. The van der Waals surface area contributed by atoms with Gasteiger partial charge >= 0.3 is 5.97 Å². The summed E-state index contributed by atoms with van der Waals surface area (Å²) in [6, 6.07) is 13.3. The Labute approximate surface area is 160 Å². The molecular weight excluding hydrogens is 342 g/mol. The molecule has 1 N–H and O–H groups in total. The molecule has 0 bridgehead atoms. The molecule has 144 valence electrons. The molecule has 2 aromatic carbocycles. The van der Waals surface area contributed by atoms with E-state index in [-0.39, 0.29) is 18.4 Å². The second-order valence-electron chi connectivity index (χ2n) is 6.92. The maximum Gasteiger partial charge on any atom is 0.344 e. The molecular formula is C22H27NO4. The molecule has 0 fully saturated rings.